The van der Waals surface area contributed by atoms with Crippen LogP contribution in [0.5, 0.6) is 0 Å². The van der Waals surface area contributed by atoms with Gasteiger partial charge in [0.15, 0.2) is 0 Å². The zero-order chi connectivity index (χ0) is 18.8. The first-order valence-electron chi connectivity index (χ1n) is 9.74. The van der Waals surface area contributed by atoms with E-state index in [1.165, 1.54) is 17.7 Å². The quantitative estimate of drug-likeness (QED) is 0.781. The number of halogens is 1. The molecule has 0 aromatic heterocycles. The number of imide groups is 1. The fourth-order valence-corrected chi connectivity index (χ4v) is 5.12. The number of nitrogens with zero attached hydrogens (tertiary/aromatic N) is 3. The lowest BCUT2D eigenvalue weighted by Gasteiger charge is -2.58. The van der Waals surface area contributed by atoms with Gasteiger partial charge in [0.25, 0.3) is 5.91 Å². The predicted octanol–water partition coefficient (Wildman–Crippen LogP) is 1.11. The summed E-state index contributed by atoms with van der Waals surface area (Å²) < 4.78 is 0. The average Bonchev–Trinajstić information content (AvgIpc) is 3.34. The summed E-state index contributed by atoms with van der Waals surface area (Å²) in [6.45, 7) is 2.94. The summed E-state index contributed by atoms with van der Waals surface area (Å²) in [5, 5.41) is 10.8. The van der Waals surface area contributed by atoms with E-state index in [4.69, 9.17) is 11.6 Å². The topological polar surface area (TPSA) is 64.1 Å². The molecule has 2 amide bonds. The van der Waals surface area contributed by atoms with Gasteiger partial charge < -0.3 is 5.11 Å². The van der Waals surface area contributed by atoms with E-state index >= 15 is 0 Å². The minimum absolute atomic E-state index is 0.134. The number of carbonyl (C=O) groups excluding carboxylic acids is 2. The number of carbonyl (C=O) groups is 2. The molecule has 3 heterocycles. The first-order chi connectivity index (χ1) is 13.0. The fourth-order valence-electron chi connectivity index (χ4n) is 4.93. The molecule has 3 aliphatic heterocycles. The zero-order valence-electron chi connectivity index (χ0n) is 15.2. The Morgan fingerprint density at radius 3 is 2.63 bits per heavy atom. The summed E-state index contributed by atoms with van der Waals surface area (Å²) in [7, 11) is 0. The van der Waals surface area contributed by atoms with Crippen molar-refractivity contribution in [1.82, 2.24) is 14.7 Å². The van der Waals surface area contributed by atoms with E-state index in [0.29, 0.717) is 31.1 Å². The number of hydrogen-bond acceptors (Lipinski definition) is 5. The molecule has 144 valence electrons. The van der Waals surface area contributed by atoms with Crippen molar-refractivity contribution >= 4 is 23.4 Å². The highest BCUT2D eigenvalue weighted by Crippen LogP contribution is 2.42. The molecule has 4 aliphatic rings. The molecule has 2 unspecified atom stereocenters. The molecule has 0 bridgehead atoms. The summed E-state index contributed by atoms with van der Waals surface area (Å²) in [5.41, 5.74) is 0.101. The normalized spacial score (nSPS) is 30.7. The van der Waals surface area contributed by atoms with Gasteiger partial charge in [-0.15, -0.1) is 0 Å². The van der Waals surface area contributed by atoms with Crippen LogP contribution in [0, 0.1) is 5.92 Å². The number of hydrogen-bond donors (Lipinski definition) is 1. The Hall–Kier alpha value is -1.47. The molecule has 27 heavy (non-hydrogen) atoms. The smallest absolute Gasteiger partial charge is 0.252 e. The van der Waals surface area contributed by atoms with Gasteiger partial charge in [0.2, 0.25) is 5.91 Å². The Balaban J connectivity index is 1.43. The van der Waals surface area contributed by atoms with E-state index in [1.54, 1.807) is 6.07 Å². The molecule has 1 aromatic rings. The largest absolute Gasteiger partial charge is 0.392 e. The van der Waals surface area contributed by atoms with Crippen LogP contribution in [0.15, 0.2) is 24.3 Å². The molecule has 1 aromatic carbocycles. The standard InChI is InChI=1S/C20H24ClN3O3/c21-16-4-2-1-3-14(16)9-23-18(26)17-7-15(25)10-24(17)20(19(23)27)11-22(12-20)8-13-5-6-13/h1-4,13,15,17,25H,5-12H2. The number of likely N-dealkylation sites (tertiary alicyclic amines) is 1. The Morgan fingerprint density at radius 2 is 1.93 bits per heavy atom. The highest BCUT2D eigenvalue weighted by Gasteiger charge is 2.64. The summed E-state index contributed by atoms with van der Waals surface area (Å²) in [6.07, 6.45) is 2.40. The van der Waals surface area contributed by atoms with Crippen LogP contribution in [0.25, 0.3) is 0 Å². The number of β-amino-alcohol motifs (C(OH)–C–C–N with tert-alkyl or cyclic N) is 1. The van der Waals surface area contributed by atoms with Crippen LogP contribution in [0.1, 0.15) is 24.8 Å². The third-order valence-electron chi connectivity index (χ3n) is 6.49. The molecule has 0 radical (unpaired) electrons. The number of amides is 2. The maximum absolute atomic E-state index is 13.5. The van der Waals surface area contributed by atoms with E-state index in [2.05, 4.69) is 4.90 Å². The Morgan fingerprint density at radius 1 is 1.19 bits per heavy atom. The van der Waals surface area contributed by atoms with Gasteiger partial charge in [-0.05, 0) is 36.8 Å². The lowest BCUT2D eigenvalue weighted by Crippen LogP contribution is -2.81. The molecule has 7 heteroatoms. The average molecular weight is 390 g/mol. The number of rotatable bonds is 4. The Labute approximate surface area is 163 Å². The van der Waals surface area contributed by atoms with Crippen molar-refractivity contribution in [3.8, 4) is 0 Å². The molecular formula is C20H24ClN3O3. The fraction of sp³-hybridized carbons (Fsp3) is 0.600. The van der Waals surface area contributed by atoms with E-state index < -0.39 is 17.7 Å². The molecule has 1 saturated carbocycles. The number of piperazine rings is 1. The van der Waals surface area contributed by atoms with Gasteiger partial charge in [-0.2, -0.15) is 0 Å². The van der Waals surface area contributed by atoms with Crippen LogP contribution in [0.3, 0.4) is 0 Å². The summed E-state index contributed by atoms with van der Waals surface area (Å²) in [6, 6.07) is 6.92. The molecule has 1 aliphatic carbocycles. The lowest BCUT2D eigenvalue weighted by molar-refractivity contribution is -0.180. The van der Waals surface area contributed by atoms with Crippen molar-refractivity contribution in [2.24, 2.45) is 5.92 Å². The minimum Gasteiger partial charge on any atom is -0.392 e. The Kier molecular flexibility index (Phi) is 4.09. The van der Waals surface area contributed by atoms with Gasteiger partial charge >= 0.3 is 0 Å². The van der Waals surface area contributed by atoms with Crippen molar-refractivity contribution in [2.75, 3.05) is 26.2 Å². The van der Waals surface area contributed by atoms with Gasteiger partial charge in [-0.3, -0.25) is 24.3 Å². The van der Waals surface area contributed by atoms with Crippen LogP contribution in [0.4, 0.5) is 0 Å². The highest BCUT2D eigenvalue weighted by molar-refractivity contribution is 6.31. The maximum Gasteiger partial charge on any atom is 0.252 e. The van der Waals surface area contributed by atoms with E-state index in [1.807, 2.05) is 23.1 Å². The first kappa shape index (κ1) is 17.6. The van der Waals surface area contributed by atoms with Crippen LogP contribution < -0.4 is 0 Å². The molecule has 4 fully saturated rings. The second-order valence-electron chi connectivity index (χ2n) is 8.52. The molecule has 6 nitrogen and oxygen atoms in total. The number of aliphatic hydroxyl groups excluding tert-OH is 1. The van der Waals surface area contributed by atoms with Crippen LogP contribution in [0.2, 0.25) is 5.02 Å². The van der Waals surface area contributed by atoms with Crippen molar-refractivity contribution in [2.45, 2.75) is 43.5 Å². The van der Waals surface area contributed by atoms with Crippen molar-refractivity contribution in [1.29, 1.82) is 0 Å². The monoisotopic (exact) mass is 389 g/mol. The van der Waals surface area contributed by atoms with E-state index in [9.17, 15) is 14.7 Å². The highest BCUT2D eigenvalue weighted by atomic mass is 35.5. The molecule has 2 atom stereocenters. The van der Waals surface area contributed by atoms with Gasteiger partial charge in [-0.25, -0.2) is 0 Å². The number of benzene rings is 1. The lowest BCUT2D eigenvalue weighted by atomic mass is 9.82. The summed E-state index contributed by atoms with van der Waals surface area (Å²) in [5.74, 6) is 0.425. The maximum atomic E-state index is 13.5. The zero-order valence-corrected chi connectivity index (χ0v) is 15.9. The van der Waals surface area contributed by atoms with Crippen molar-refractivity contribution in [3.05, 3.63) is 34.9 Å². The SMILES string of the molecule is O=C1C2CC(O)CN2C2(CN(CC3CC3)C2)C(=O)N1Cc1ccccc1Cl. The first-order valence-corrected chi connectivity index (χ1v) is 10.1. The van der Waals surface area contributed by atoms with Crippen molar-refractivity contribution < 1.29 is 14.7 Å². The Bertz CT molecular complexity index is 790. The third kappa shape index (κ3) is 2.81. The summed E-state index contributed by atoms with van der Waals surface area (Å²) >= 11 is 6.27. The van der Waals surface area contributed by atoms with Crippen LogP contribution in [-0.4, -0.2) is 75.5 Å². The predicted molar refractivity (Wildman–Crippen MR) is 100 cm³/mol. The van der Waals surface area contributed by atoms with E-state index in [-0.39, 0.29) is 18.4 Å². The number of fused-ring (bicyclic) bond motifs is 2. The van der Waals surface area contributed by atoms with Gasteiger partial charge in [0.05, 0.1) is 18.7 Å². The molecular weight excluding hydrogens is 366 g/mol. The summed E-state index contributed by atoms with van der Waals surface area (Å²) in [4.78, 5) is 32.2. The molecule has 3 saturated heterocycles. The molecule has 5 rings (SSSR count). The van der Waals surface area contributed by atoms with Gasteiger partial charge in [-0.1, -0.05) is 29.8 Å². The van der Waals surface area contributed by atoms with E-state index in [0.717, 1.165) is 18.0 Å². The second kappa shape index (κ2) is 6.27. The molecule has 1 N–H and O–H groups in total. The van der Waals surface area contributed by atoms with Gasteiger partial charge in [0, 0.05) is 31.2 Å². The van der Waals surface area contributed by atoms with Crippen LogP contribution >= 0.6 is 11.6 Å². The molecule has 1 spiro atoms. The minimum atomic E-state index is -0.674. The van der Waals surface area contributed by atoms with Crippen LogP contribution in [-0.2, 0) is 16.1 Å². The van der Waals surface area contributed by atoms with Crippen molar-refractivity contribution in [3.63, 3.8) is 0 Å². The third-order valence-corrected chi connectivity index (χ3v) is 6.86. The number of aliphatic hydroxyl groups is 1. The van der Waals surface area contributed by atoms with Gasteiger partial charge in [0.1, 0.15) is 5.54 Å². The second-order valence-corrected chi connectivity index (χ2v) is 8.93.